The number of fused-ring (bicyclic) bond motifs is 1. The van der Waals surface area contributed by atoms with Crippen molar-refractivity contribution in [2.75, 3.05) is 49.8 Å². The Balaban J connectivity index is 1.85. The quantitative estimate of drug-likeness (QED) is 0.655. The van der Waals surface area contributed by atoms with Gasteiger partial charge in [0.2, 0.25) is 11.8 Å². The summed E-state index contributed by atoms with van der Waals surface area (Å²) in [6.07, 6.45) is 0. The lowest BCUT2D eigenvalue weighted by Crippen LogP contribution is -2.41. The molecule has 1 heterocycles. The molecule has 0 spiro atoms. The zero-order valence-corrected chi connectivity index (χ0v) is 19.5. The minimum Gasteiger partial charge on any atom is -0.497 e. The molecule has 8 nitrogen and oxygen atoms in total. The molecule has 0 saturated carbocycles. The molecule has 0 bridgehead atoms. The molecule has 0 atom stereocenters. The standard InChI is InChI=1S/C23H27N3O5S/c1-5-25(6-2)23(29)15-7-10-20-18(11-15)26(22(28)14-32-20)13-21(27)24-17-12-16(30-3)8-9-19(17)31-4/h7-12H,5-6,13-14H2,1-4H3,(H,24,27). The lowest BCUT2D eigenvalue weighted by atomic mass is 10.1. The van der Waals surface area contributed by atoms with E-state index in [1.165, 1.54) is 30.9 Å². The summed E-state index contributed by atoms with van der Waals surface area (Å²) in [5.41, 5.74) is 1.50. The third-order valence-electron chi connectivity index (χ3n) is 5.18. The van der Waals surface area contributed by atoms with Crippen molar-refractivity contribution >= 4 is 40.9 Å². The van der Waals surface area contributed by atoms with Crippen molar-refractivity contribution in [1.82, 2.24) is 4.90 Å². The molecule has 2 aromatic rings. The average Bonchev–Trinajstić information content (AvgIpc) is 2.81. The molecule has 0 saturated heterocycles. The topological polar surface area (TPSA) is 88.2 Å². The molecule has 9 heteroatoms. The van der Waals surface area contributed by atoms with Crippen LogP contribution in [-0.2, 0) is 9.59 Å². The molecule has 32 heavy (non-hydrogen) atoms. The highest BCUT2D eigenvalue weighted by atomic mass is 32.2. The first-order chi connectivity index (χ1) is 15.4. The summed E-state index contributed by atoms with van der Waals surface area (Å²) in [6, 6.07) is 10.4. The second-order valence-corrected chi connectivity index (χ2v) is 8.06. The van der Waals surface area contributed by atoms with Gasteiger partial charge in [-0.05, 0) is 44.2 Å². The zero-order valence-electron chi connectivity index (χ0n) is 18.6. The molecular weight excluding hydrogens is 430 g/mol. The van der Waals surface area contributed by atoms with Gasteiger partial charge in [0, 0.05) is 29.6 Å². The highest BCUT2D eigenvalue weighted by molar-refractivity contribution is 8.00. The number of carbonyl (C=O) groups excluding carboxylic acids is 3. The van der Waals surface area contributed by atoms with E-state index in [-0.39, 0.29) is 30.0 Å². The number of ether oxygens (including phenoxy) is 2. The van der Waals surface area contributed by atoms with Crippen molar-refractivity contribution in [2.24, 2.45) is 0 Å². The molecule has 0 aliphatic carbocycles. The molecular formula is C23H27N3O5S. The summed E-state index contributed by atoms with van der Waals surface area (Å²) in [4.78, 5) is 42.3. The van der Waals surface area contributed by atoms with Gasteiger partial charge in [-0.25, -0.2) is 0 Å². The van der Waals surface area contributed by atoms with Crippen LogP contribution in [0.4, 0.5) is 11.4 Å². The number of nitrogens with one attached hydrogen (secondary N) is 1. The molecule has 170 valence electrons. The summed E-state index contributed by atoms with van der Waals surface area (Å²) in [5, 5.41) is 2.79. The predicted octanol–water partition coefficient (Wildman–Crippen LogP) is 3.26. The maximum absolute atomic E-state index is 12.8. The van der Waals surface area contributed by atoms with Gasteiger partial charge in [-0.15, -0.1) is 11.8 Å². The monoisotopic (exact) mass is 457 g/mol. The van der Waals surface area contributed by atoms with Crippen molar-refractivity contribution in [1.29, 1.82) is 0 Å². The summed E-state index contributed by atoms with van der Waals surface area (Å²) in [7, 11) is 3.04. The normalized spacial score (nSPS) is 12.8. The summed E-state index contributed by atoms with van der Waals surface area (Å²) >= 11 is 1.40. The van der Waals surface area contributed by atoms with Crippen LogP contribution < -0.4 is 19.7 Å². The first kappa shape index (κ1) is 23.5. The molecule has 3 amide bonds. The van der Waals surface area contributed by atoms with E-state index in [2.05, 4.69) is 5.32 Å². The van der Waals surface area contributed by atoms with Crippen LogP contribution in [-0.4, -0.2) is 62.2 Å². The number of hydrogen-bond acceptors (Lipinski definition) is 6. The maximum Gasteiger partial charge on any atom is 0.253 e. The Hall–Kier alpha value is -3.20. The van der Waals surface area contributed by atoms with Gasteiger partial charge in [-0.3, -0.25) is 14.4 Å². The number of anilines is 2. The van der Waals surface area contributed by atoms with Gasteiger partial charge in [-0.2, -0.15) is 0 Å². The fraction of sp³-hybridized carbons (Fsp3) is 0.348. The van der Waals surface area contributed by atoms with E-state index in [1.807, 2.05) is 19.9 Å². The molecule has 0 aromatic heterocycles. The number of methoxy groups -OCH3 is 2. The minimum absolute atomic E-state index is 0.105. The number of hydrogen-bond donors (Lipinski definition) is 1. The van der Waals surface area contributed by atoms with E-state index < -0.39 is 0 Å². The zero-order chi connectivity index (χ0) is 23.3. The van der Waals surface area contributed by atoms with Crippen molar-refractivity contribution in [3.05, 3.63) is 42.0 Å². The fourth-order valence-electron chi connectivity index (χ4n) is 3.45. The van der Waals surface area contributed by atoms with Crippen molar-refractivity contribution in [2.45, 2.75) is 18.7 Å². The van der Waals surface area contributed by atoms with Crippen LogP contribution in [0, 0.1) is 0 Å². The third kappa shape index (κ3) is 4.99. The van der Waals surface area contributed by atoms with Crippen LogP contribution in [0.2, 0.25) is 0 Å². The van der Waals surface area contributed by atoms with Gasteiger partial charge in [0.15, 0.2) is 0 Å². The summed E-state index contributed by atoms with van der Waals surface area (Å²) in [6.45, 7) is 4.84. The first-order valence-corrected chi connectivity index (χ1v) is 11.3. The molecule has 1 N–H and O–H groups in total. The van der Waals surface area contributed by atoms with Gasteiger partial charge in [0.25, 0.3) is 5.91 Å². The van der Waals surface area contributed by atoms with Crippen molar-refractivity contribution in [3.8, 4) is 11.5 Å². The Labute approximate surface area is 191 Å². The minimum atomic E-state index is -0.386. The van der Waals surface area contributed by atoms with Gasteiger partial charge < -0.3 is 24.6 Å². The van der Waals surface area contributed by atoms with Crippen LogP contribution in [0.15, 0.2) is 41.3 Å². The number of benzene rings is 2. The highest BCUT2D eigenvalue weighted by Gasteiger charge is 2.28. The summed E-state index contributed by atoms with van der Waals surface area (Å²) < 4.78 is 10.5. The third-order valence-corrected chi connectivity index (χ3v) is 6.23. The van der Waals surface area contributed by atoms with E-state index in [1.54, 1.807) is 35.2 Å². The predicted molar refractivity (Wildman–Crippen MR) is 125 cm³/mol. The van der Waals surface area contributed by atoms with E-state index in [0.29, 0.717) is 41.5 Å². The number of carbonyl (C=O) groups is 3. The fourth-order valence-corrected chi connectivity index (χ4v) is 4.36. The average molecular weight is 458 g/mol. The van der Waals surface area contributed by atoms with Crippen molar-refractivity contribution in [3.63, 3.8) is 0 Å². The van der Waals surface area contributed by atoms with E-state index >= 15 is 0 Å². The van der Waals surface area contributed by atoms with Gasteiger partial charge >= 0.3 is 0 Å². The first-order valence-electron chi connectivity index (χ1n) is 10.3. The van der Waals surface area contributed by atoms with Crippen molar-refractivity contribution < 1.29 is 23.9 Å². The molecule has 0 radical (unpaired) electrons. The largest absolute Gasteiger partial charge is 0.497 e. The number of amides is 3. The Kier molecular flexibility index (Phi) is 7.63. The molecule has 2 aromatic carbocycles. The Morgan fingerprint density at radius 2 is 1.84 bits per heavy atom. The Morgan fingerprint density at radius 1 is 1.09 bits per heavy atom. The molecule has 3 rings (SSSR count). The van der Waals surface area contributed by atoms with Crippen LogP contribution in [0.5, 0.6) is 11.5 Å². The van der Waals surface area contributed by atoms with Gasteiger partial charge in [0.05, 0.1) is 31.3 Å². The maximum atomic E-state index is 12.8. The van der Waals surface area contributed by atoms with E-state index in [4.69, 9.17) is 9.47 Å². The van der Waals surface area contributed by atoms with Crippen LogP contribution in [0.1, 0.15) is 24.2 Å². The second kappa shape index (κ2) is 10.4. The van der Waals surface area contributed by atoms with Crippen LogP contribution >= 0.6 is 11.8 Å². The SMILES string of the molecule is CCN(CC)C(=O)c1ccc2c(c1)N(CC(=O)Nc1cc(OC)ccc1OC)C(=O)CS2. The number of thioether (sulfide) groups is 1. The Morgan fingerprint density at radius 3 is 2.50 bits per heavy atom. The van der Waals surface area contributed by atoms with Gasteiger partial charge in [0.1, 0.15) is 18.0 Å². The highest BCUT2D eigenvalue weighted by Crippen LogP contribution is 2.36. The summed E-state index contributed by atoms with van der Waals surface area (Å²) in [5.74, 6) is 0.590. The smallest absolute Gasteiger partial charge is 0.253 e. The van der Waals surface area contributed by atoms with E-state index in [0.717, 1.165) is 4.90 Å². The lowest BCUT2D eigenvalue weighted by molar-refractivity contribution is -0.120. The second-order valence-electron chi connectivity index (χ2n) is 7.04. The molecule has 0 unspecified atom stereocenters. The van der Waals surface area contributed by atoms with Crippen LogP contribution in [0.25, 0.3) is 0 Å². The van der Waals surface area contributed by atoms with Gasteiger partial charge in [-0.1, -0.05) is 0 Å². The molecule has 0 fully saturated rings. The van der Waals surface area contributed by atoms with Crippen LogP contribution in [0.3, 0.4) is 0 Å². The Bertz CT molecular complexity index is 1020. The van der Waals surface area contributed by atoms with E-state index in [9.17, 15) is 14.4 Å². The lowest BCUT2D eigenvalue weighted by Gasteiger charge is -2.29. The molecule has 1 aliphatic rings. The number of rotatable bonds is 8. The number of nitrogens with zero attached hydrogens (tertiary/aromatic N) is 2. The molecule has 1 aliphatic heterocycles.